The lowest BCUT2D eigenvalue weighted by atomic mass is 9.87. The number of unbranched alkanes of at least 4 members (excludes halogenated alkanes) is 2. The minimum Gasteiger partial charge on any atom is -0.351 e. The topological polar surface area (TPSA) is 29.1 Å². The van der Waals surface area contributed by atoms with Crippen LogP contribution in [0.2, 0.25) is 0 Å². The highest BCUT2D eigenvalue weighted by atomic mass is 16.1. The fraction of sp³-hybridized carbons (Fsp3) is 0.588. The molecule has 1 aliphatic heterocycles. The molecule has 0 radical (unpaired) electrons. The number of nitrogens with one attached hydrogen (secondary N) is 1. The molecule has 0 saturated carbocycles. The highest BCUT2D eigenvalue weighted by Crippen LogP contribution is 2.27. The van der Waals surface area contributed by atoms with Gasteiger partial charge in [0.2, 0.25) is 0 Å². The Morgan fingerprint density at radius 3 is 2.42 bits per heavy atom. The second-order valence-corrected chi connectivity index (χ2v) is 5.14. The molecule has 0 fully saturated rings. The standard InChI is InChI=1S/C13H17NO.C4H10/c1-2-3-6-10-9-14-13(15)12-8-5-4-7-11(10)12;1-3-4-2/h4-5,7-8,10H,2-3,6,9H2,1H3,(H,14,15);3-4H2,1-2H3. The first-order valence-corrected chi connectivity index (χ1v) is 7.61. The van der Waals surface area contributed by atoms with Crippen molar-refractivity contribution in [1.82, 2.24) is 5.32 Å². The van der Waals surface area contributed by atoms with Gasteiger partial charge in [-0.25, -0.2) is 0 Å². The number of rotatable bonds is 4. The monoisotopic (exact) mass is 261 g/mol. The highest BCUT2D eigenvalue weighted by Gasteiger charge is 2.23. The van der Waals surface area contributed by atoms with E-state index in [1.54, 1.807) is 0 Å². The summed E-state index contributed by atoms with van der Waals surface area (Å²) in [5, 5.41) is 2.96. The van der Waals surface area contributed by atoms with E-state index in [9.17, 15) is 4.79 Å². The molecule has 19 heavy (non-hydrogen) atoms. The molecule has 1 amide bonds. The van der Waals surface area contributed by atoms with Crippen molar-refractivity contribution in [2.75, 3.05) is 6.54 Å². The van der Waals surface area contributed by atoms with Crippen LogP contribution < -0.4 is 5.32 Å². The zero-order valence-corrected chi connectivity index (χ0v) is 12.5. The lowest BCUT2D eigenvalue weighted by Crippen LogP contribution is -2.34. The van der Waals surface area contributed by atoms with Crippen LogP contribution >= 0.6 is 0 Å². The number of fused-ring (bicyclic) bond motifs is 1. The van der Waals surface area contributed by atoms with Crippen LogP contribution in [0.1, 0.15) is 74.7 Å². The molecule has 1 N–H and O–H groups in total. The summed E-state index contributed by atoms with van der Waals surface area (Å²) in [4.78, 5) is 11.6. The minimum absolute atomic E-state index is 0.0818. The van der Waals surface area contributed by atoms with Gasteiger partial charge in [-0.05, 0) is 18.1 Å². The molecule has 1 heterocycles. The van der Waals surface area contributed by atoms with Crippen LogP contribution in [0.4, 0.5) is 0 Å². The molecule has 2 heteroatoms. The van der Waals surface area contributed by atoms with Gasteiger partial charge < -0.3 is 5.32 Å². The predicted octanol–water partition coefficient (Wildman–Crippen LogP) is 4.51. The normalized spacial score (nSPS) is 17.0. The van der Waals surface area contributed by atoms with Gasteiger partial charge in [-0.15, -0.1) is 0 Å². The van der Waals surface area contributed by atoms with Crippen LogP contribution in [0.5, 0.6) is 0 Å². The minimum atomic E-state index is 0.0818. The van der Waals surface area contributed by atoms with Crippen molar-refractivity contribution in [3.63, 3.8) is 0 Å². The Labute approximate surface area is 117 Å². The van der Waals surface area contributed by atoms with E-state index < -0.39 is 0 Å². The molecule has 2 rings (SSSR count). The van der Waals surface area contributed by atoms with Crippen LogP contribution in [0.15, 0.2) is 24.3 Å². The molecule has 0 saturated heterocycles. The number of hydrogen-bond acceptors (Lipinski definition) is 1. The first-order valence-electron chi connectivity index (χ1n) is 7.61. The summed E-state index contributed by atoms with van der Waals surface area (Å²) in [5.41, 5.74) is 2.10. The quantitative estimate of drug-likeness (QED) is 0.849. The van der Waals surface area contributed by atoms with Crippen molar-refractivity contribution in [2.45, 2.75) is 58.8 Å². The molecular weight excluding hydrogens is 234 g/mol. The maximum absolute atomic E-state index is 11.6. The lowest BCUT2D eigenvalue weighted by molar-refractivity contribution is 0.0939. The van der Waals surface area contributed by atoms with Crippen LogP contribution in [-0.2, 0) is 0 Å². The first-order chi connectivity index (χ1) is 9.24. The number of carbonyl (C=O) groups excluding carboxylic acids is 1. The van der Waals surface area contributed by atoms with Gasteiger partial charge in [-0.1, -0.05) is 64.7 Å². The molecule has 1 aromatic rings. The largest absolute Gasteiger partial charge is 0.351 e. The Morgan fingerprint density at radius 1 is 1.11 bits per heavy atom. The third-order valence-corrected chi connectivity index (χ3v) is 3.56. The van der Waals surface area contributed by atoms with E-state index >= 15 is 0 Å². The molecule has 0 spiro atoms. The molecule has 106 valence electrons. The Balaban J connectivity index is 0.000000399. The third-order valence-electron chi connectivity index (χ3n) is 3.56. The van der Waals surface area contributed by atoms with Gasteiger partial charge >= 0.3 is 0 Å². The average molecular weight is 261 g/mol. The van der Waals surface area contributed by atoms with Gasteiger partial charge in [0.15, 0.2) is 0 Å². The van der Waals surface area contributed by atoms with Crippen LogP contribution in [-0.4, -0.2) is 12.5 Å². The molecule has 0 aliphatic carbocycles. The van der Waals surface area contributed by atoms with Crippen LogP contribution in [0, 0.1) is 0 Å². The second kappa shape index (κ2) is 8.73. The third kappa shape index (κ3) is 4.70. The summed E-state index contributed by atoms with van der Waals surface area (Å²) in [6, 6.07) is 7.97. The van der Waals surface area contributed by atoms with Gasteiger partial charge in [0.05, 0.1) is 0 Å². The number of hydrogen-bond donors (Lipinski definition) is 1. The van der Waals surface area contributed by atoms with Crippen molar-refractivity contribution < 1.29 is 4.79 Å². The molecule has 0 aromatic heterocycles. The van der Waals surface area contributed by atoms with Gasteiger partial charge in [0.1, 0.15) is 0 Å². The molecule has 1 atom stereocenters. The SMILES string of the molecule is CCCC.CCCCC1CNC(=O)c2ccccc21. The number of carbonyl (C=O) groups is 1. The zero-order valence-electron chi connectivity index (χ0n) is 12.5. The summed E-state index contributed by atoms with van der Waals surface area (Å²) in [6.07, 6.45) is 6.26. The van der Waals surface area contributed by atoms with Crippen LogP contribution in [0.25, 0.3) is 0 Å². The maximum Gasteiger partial charge on any atom is 0.251 e. The van der Waals surface area contributed by atoms with E-state index in [4.69, 9.17) is 0 Å². The van der Waals surface area contributed by atoms with E-state index in [0.29, 0.717) is 5.92 Å². The van der Waals surface area contributed by atoms with Gasteiger partial charge in [-0.3, -0.25) is 4.79 Å². The van der Waals surface area contributed by atoms with E-state index in [1.807, 2.05) is 18.2 Å². The molecule has 0 bridgehead atoms. The Kier molecular flexibility index (Phi) is 7.24. The van der Waals surface area contributed by atoms with Gasteiger partial charge in [0.25, 0.3) is 5.91 Å². The van der Waals surface area contributed by atoms with Gasteiger partial charge in [0, 0.05) is 18.0 Å². The van der Waals surface area contributed by atoms with E-state index in [2.05, 4.69) is 32.2 Å². The fourth-order valence-electron chi connectivity index (χ4n) is 2.19. The fourth-order valence-corrected chi connectivity index (χ4v) is 2.19. The molecular formula is C17H27NO. The Hall–Kier alpha value is -1.31. The maximum atomic E-state index is 11.6. The Morgan fingerprint density at radius 2 is 1.79 bits per heavy atom. The van der Waals surface area contributed by atoms with Crippen LogP contribution in [0.3, 0.4) is 0 Å². The second-order valence-electron chi connectivity index (χ2n) is 5.14. The number of benzene rings is 1. The summed E-state index contributed by atoms with van der Waals surface area (Å²) >= 11 is 0. The first kappa shape index (κ1) is 15.7. The smallest absolute Gasteiger partial charge is 0.251 e. The van der Waals surface area contributed by atoms with E-state index in [-0.39, 0.29) is 5.91 Å². The molecule has 2 nitrogen and oxygen atoms in total. The summed E-state index contributed by atoms with van der Waals surface area (Å²) in [5.74, 6) is 0.595. The summed E-state index contributed by atoms with van der Waals surface area (Å²) < 4.78 is 0. The molecule has 1 unspecified atom stereocenters. The van der Waals surface area contributed by atoms with Crippen molar-refractivity contribution >= 4 is 5.91 Å². The summed E-state index contributed by atoms with van der Waals surface area (Å²) in [7, 11) is 0. The average Bonchev–Trinajstić information content (AvgIpc) is 2.47. The lowest BCUT2D eigenvalue weighted by Gasteiger charge is -2.25. The highest BCUT2D eigenvalue weighted by molar-refractivity contribution is 5.97. The summed E-state index contributed by atoms with van der Waals surface area (Å²) in [6.45, 7) is 7.36. The van der Waals surface area contributed by atoms with Gasteiger partial charge in [-0.2, -0.15) is 0 Å². The predicted molar refractivity (Wildman–Crippen MR) is 81.6 cm³/mol. The zero-order chi connectivity index (χ0) is 14.1. The Bertz CT molecular complexity index is 385. The molecule has 1 aromatic carbocycles. The van der Waals surface area contributed by atoms with E-state index in [0.717, 1.165) is 12.1 Å². The van der Waals surface area contributed by atoms with Crippen molar-refractivity contribution in [3.8, 4) is 0 Å². The van der Waals surface area contributed by atoms with Crippen molar-refractivity contribution in [1.29, 1.82) is 0 Å². The molecule has 1 aliphatic rings. The van der Waals surface area contributed by atoms with Crippen molar-refractivity contribution in [3.05, 3.63) is 35.4 Å². The number of amides is 1. The van der Waals surface area contributed by atoms with Crippen molar-refractivity contribution in [2.24, 2.45) is 0 Å². The van der Waals surface area contributed by atoms with E-state index in [1.165, 1.54) is 37.7 Å².